The largest absolute Gasteiger partial charge is 0.386 e. The van der Waals surface area contributed by atoms with Crippen LogP contribution < -0.4 is 17.2 Å². The van der Waals surface area contributed by atoms with Gasteiger partial charge >= 0.3 is 0 Å². The van der Waals surface area contributed by atoms with Gasteiger partial charge in [-0.1, -0.05) is 0 Å². The van der Waals surface area contributed by atoms with Crippen LogP contribution in [0.5, 0.6) is 0 Å². The Morgan fingerprint density at radius 3 is 2.70 bits per heavy atom. The molecule has 1 aliphatic heterocycles. The average molecular weight is 140 g/mol. The first-order chi connectivity index (χ1) is 4.54. The summed E-state index contributed by atoms with van der Waals surface area (Å²) < 4.78 is 0. The van der Waals surface area contributed by atoms with Crippen LogP contribution in [-0.2, 0) is 0 Å². The molecule has 0 saturated heterocycles. The van der Waals surface area contributed by atoms with Gasteiger partial charge in [-0.15, -0.1) is 0 Å². The van der Waals surface area contributed by atoms with Crippen LogP contribution in [0.3, 0.4) is 0 Å². The zero-order chi connectivity index (χ0) is 7.78. The first-order valence-corrected chi connectivity index (χ1v) is 3.09. The van der Waals surface area contributed by atoms with Gasteiger partial charge in [-0.05, 0) is 13.0 Å². The Bertz CT molecular complexity index is 192. The lowest BCUT2D eigenvalue weighted by Crippen LogP contribution is -2.59. The summed E-state index contributed by atoms with van der Waals surface area (Å²) in [4.78, 5) is 3.82. The fourth-order valence-corrected chi connectivity index (χ4v) is 0.787. The van der Waals surface area contributed by atoms with Crippen molar-refractivity contribution in [3.05, 3.63) is 12.3 Å². The molecular formula is C6H12N4. The number of nitrogens with two attached hydrogens (primary N) is 3. The minimum absolute atomic E-state index is 0.363. The number of rotatable bonds is 0. The molecule has 6 N–H and O–H groups in total. The van der Waals surface area contributed by atoms with Crippen molar-refractivity contribution in [2.45, 2.75) is 18.5 Å². The van der Waals surface area contributed by atoms with E-state index in [4.69, 9.17) is 17.2 Å². The molecule has 4 heteroatoms. The molecule has 0 aromatic carbocycles. The molecular weight excluding hydrogens is 128 g/mol. The first-order valence-electron chi connectivity index (χ1n) is 3.09. The maximum atomic E-state index is 5.74. The van der Waals surface area contributed by atoms with Crippen molar-refractivity contribution < 1.29 is 0 Å². The summed E-state index contributed by atoms with van der Waals surface area (Å²) in [5.74, 6) is 0.396. The van der Waals surface area contributed by atoms with Crippen molar-refractivity contribution in [3.63, 3.8) is 0 Å². The second-order valence-electron chi connectivity index (χ2n) is 2.71. The topological polar surface area (TPSA) is 90.4 Å². The smallest absolute Gasteiger partial charge is 0.118 e. The van der Waals surface area contributed by atoms with Crippen LogP contribution in [0, 0.1) is 0 Å². The quantitative estimate of drug-likeness (QED) is 0.399. The molecule has 0 aromatic heterocycles. The van der Waals surface area contributed by atoms with Gasteiger partial charge in [-0.3, -0.25) is 0 Å². The molecule has 1 aliphatic rings. The zero-order valence-electron chi connectivity index (χ0n) is 5.91. The normalized spacial score (nSPS) is 39.5. The van der Waals surface area contributed by atoms with Gasteiger partial charge in [0, 0.05) is 6.20 Å². The summed E-state index contributed by atoms with van der Waals surface area (Å²) >= 11 is 0. The molecule has 10 heavy (non-hydrogen) atoms. The van der Waals surface area contributed by atoms with E-state index in [2.05, 4.69) is 4.99 Å². The Hall–Kier alpha value is -0.870. The van der Waals surface area contributed by atoms with Gasteiger partial charge in [0.15, 0.2) is 0 Å². The fraction of sp³-hybridized carbons (Fsp3) is 0.500. The van der Waals surface area contributed by atoms with E-state index in [1.54, 1.807) is 12.3 Å². The van der Waals surface area contributed by atoms with Gasteiger partial charge < -0.3 is 17.2 Å². The predicted octanol–water partition coefficient (Wildman–Crippen LogP) is -1.08. The van der Waals surface area contributed by atoms with Gasteiger partial charge in [-0.2, -0.15) is 0 Å². The molecule has 4 nitrogen and oxygen atoms in total. The molecule has 1 rings (SSSR count). The molecule has 0 spiro atoms. The van der Waals surface area contributed by atoms with Crippen molar-refractivity contribution in [3.8, 4) is 0 Å². The summed E-state index contributed by atoms with van der Waals surface area (Å²) in [6.07, 6.45) is 3.33. The van der Waals surface area contributed by atoms with Crippen LogP contribution >= 0.6 is 0 Å². The van der Waals surface area contributed by atoms with E-state index in [9.17, 15) is 0 Å². The van der Waals surface area contributed by atoms with E-state index in [1.165, 1.54) is 0 Å². The molecule has 2 unspecified atom stereocenters. The van der Waals surface area contributed by atoms with Crippen molar-refractivity contribution in [2.24, 2.45) is 22.2 Å². The summed E-state index contributed by atoms with van der Waals surface area (Å²) in [5.41, 5.74) is 16.3. The summed E-state index contributed by atoms with van der Waals surface area (Å²) in [6.45, 7) is 1.82. The molecule has 0 aliphatic carbocycles. The molecule has 1 heterocycles. The Morgan fingerprint density at radius 2 is 2.30 bits per heavy atom. The molecule has 56 valence electrons. The lowest BCUT2D eigenvalue weighted by atomic mass is 9.92. The van der Waals surface area contributed by atoms with Crippen LogP contribution in [-0.4, -0.2) is 17.4 Å². The Balaban J connectivity index is 2.89. The van der Waals surface area contributed by atoms with Gasteiger partial charge in [0.1, 0.15) is 5.84 Å². The Labute approximate surface area is 59.8 Å². The third kappa shape index (κ3) is 1.03. The third-order valence-corrected chi connectivity index (χ3v) is 1.65. The predicted molar refractivity (Wildman–Crippen MR) is 41.3 cm³/mol. The molecule has 0 fully saturated rings. The van der Waals surface area contributed by atoms with Crippen LogP contribution in [0.4, 0.5) is 0 Å². The van der Waals surface area contributed by atoms with Crippen LogP contribution in [0.1, 0.15) is 6.92 Å². The van der Waals surface area contributed by atoms with Crippen LogP contribution in [0.25, 0.3) is 0 Å². The van der Waals surface area contributed by atoms with E-state index in [0.717, 1.165) is 0 Å². The molecule has 0 amide bonds. The van der Waals surface area contributed by atoms with E-state index >= 15 is 0 Å². The number of amidine groups is 1. The fourth-order valence-electron chi connectivity index (χ4n) is 0.787. The molecule has 0 radical (unpaired) electrons. The SMILES string of the molecule is CC1(N)C=CN=C(N)C1N. The highest BCUT2D eigenvalue weighted by molar-refractivity contribution is 5.88. The van der Waals surface area contributed by atoms with Crippen LogP contribution in [0.2, 0.25) is 0 Å². The highest BCUT2D eigenvalue weighted by Crippen LogP contribution is 2.10. The number of hydrogen-bond donors (Lipinski definition) is 3. The van der Waals surface area contributed by atoms with Gasteiger partial charge in [-0.25, -0.2) is 4.99 Å². The van der Waals surface area contributed by atoms with Gasteiger partial charge in [0.25, 0.3) is 0 Å². The minimum Gasteiger partial charge on any atom is -0.386 e. The molecule has 0 saturated carbocycles. The van der Waals surface area contributed by atoms with E-state index in [0.29, 0.717) is 5.84 Å². The highest BCUT2D eigenvalue weighted by atomic mass is 15.0. The Kier molecular flexibility index (Phi) is 1.50. The van der Waals surface area contributed by atoms with Crippen molar-refractivity contribution in [1.29, 1.82) is 0 Å². The van der Waals surface area contributed by atoms with E-state index in [-0.39, 0.29) is 6.04 Å². The lowest BCUT2D eigenvalue weighted by molar-refractivity contribution is 0.530. The molecule has 0 bridgehead atoms. The second-order valence-corrected chi connectivity index (χ2v) is 2.71. The summed E-state index contributed by atoms with van der Waals surface area (Å²) in [6, 6.07) is -0.363. The standard InChI is InChI=1S/C6H12N4/c1-6(9)2-3-10-5(8)4(6)7/h2-4H,7,9H2,1H3,(H2,8,10). The number of aliphatic imine (C=N–C) groups is 1. The maximum Gasteiger partial charge on any atom is 0.118 e. The maximum absolute atomic E-state index is 5.74. The zero-order valence-corrected chi connectivity index (χ0v) is 5.91. The van der Waals surface area contributed by atoms with Crippen molar-refractivity contribution in [1.82, 2.24) is 0 Å². The van der Waals surface area contributed by atoms with E-state index in [1.807, 2.05) is 6.92 Å². The number of nitrogens with zero attached hydrogens (tertiary/aromatic N) is 1. The van der Waals surface area contributed by atoms with E-state index < -0.39 is 5.54 Å². The summed E-state index contributed by atoms with van der Waals surface area (Å²) in [5, 5.41) is 0. The minimum atomic E-state index is -0.550. The van der Waals surface area contributed by atoms with Crippen LogP contribution in [0.15, 0.2) is 17.3 Å². The third-order valence-electron chi connectivity index (χ3n) is 1.65. The highest BCUT2D eigenvalue weighted by Gasteiger charge is 2.28. The number of hydrogen-bond acceptors (Lipinski definition) is 4. The monoisotopic (exact) mass is 140 g/mol. The van der Waals surface area contributed by atoms with Gasteiger partial charge in [0.2, 0.25) is 0 Å². The average Bonchev–Trinajstić information content (AvgIpc) is 1.83. The van der Waals surface area contributed by atoms with Crippen molar-refractivity contribution in [2.75, 3.05) is 0 Å². The molecule has 2 atom stereocenters. The summed E-state index contributed by atoms with van der Waals surface area (Å²) in [7, 11) is 0. The lowest BCUT2D eigenvalue weighted by Gasteiger charge is -2.29. The first kappa shape index (κ1) is 7.24. The van der Waals surface area contributed by atoms with Crippen molar-refractivity contribution >= 4 is 5.84 Å². The van der Waals surface area contributed by atoms with Gasteiger partial charge in [0.05, 0.1) is 11.6 Å². The second kappa shape index (κ2) is 2.07. The Morgan fingerprint density at radius 1 is 1.70 bits per heavy atom. The molecule has 0 aromatic rings.